The molecule has 21 heavy (non-hydrogen) atoms. The van der Waals surface area contributed by atoms with Gasteiger partial charge in [0.05, 0.1) is 6.26 Å². The number of hydrogen-bond acceptors (Lipinski definition) is 4. The van der Waals surface area contributed by atoms with Crippen LogP contribution in [0.2, 0.25) is 0 Å². The van der Waals surface area contributed by atoms with Crippen LogP contribution in [0.4, 0.5) is 0 Å². The summed E-state index contributed by atoms with van der Waals surface area (Å²) in [5, 5.41) is 0. The van der Waals surface area contributed by atoms with E-state index in [1.807, 2.05) is 6.92 Å². The van der Waals surface area contributed by atoms with Crippen LogP contribution in [0.1, 0.15) is 40.5 Å². The maximum atomic E-state index is 12.2. The standard InChI is InChI=1S/C17H22O4/c1-9-5-6-12-15(17(12,3)4)14-11(7-20-10(2)18)8-21-16(19)13(9)14/h8,12,14-15H,5-7H2,1-4H3. The van der Waals surface area contributed by atoms with Crippen LogP contribution in [0.3, 0.4) is 0 Å². The minimum Gasteiger partial charge on any atom is -0.461 e. The van der Waals surface area contributed by atoms with Gasteiger partial charge in [0.25, 0.3) is 0 Å². The van der Waals surface area contributed by atoms with Crippen LogP contribution < -0.4 is 0 Å². The van der Waals surface area contributed by atoms with Gasteiger partial charge in [0.2, 0.25) is 0 Å². The molecule has 0 aromatic carbocycles. The third kappa shape index (κ3) is 2.21. The van der Waals surface area contributed by atoms with Crippen molar-refractivity contribution in [1.82, 2.24) is 0 Å². The maximum absolute atomic E-state index is 12.2. The number of hydrogen-bond donors (Lipinski definition) is 0. The summed E-state index contributed by atoms with van der Waals surface area (Å²) < 4.78 is 10.4. The van der Waals surface area contributed by atoms with Gasteiger partial charge in [-0.1, -0.05) is 19.4 Å². The largest absolute Gasteiger partial charge is 0.461 e. The van der Waals surface area contributed by atoms with E-state index in [2.05, 4.69) is 13.8 Å². The molecule has 0 N–H and O–H groups in total. The normalized spacial score (nSPS) is 33.2. The molecule has 1 saturated carbocycles. The Kier molecular flexibility index (Phi) is 3.23. The van der Waals surface area contributed by atoms with E-state index in [1.165, 1.54) is 13.2 Å². The highest BCUT2D eigenvalue weighted by Gasteiger charge is 2.63. The molecule has 3 unspecified atom stereocenters. The molecule has 0 radical (unpaired) electrons. The molecule has 0 spiro atoms. The number of fused-ring (bicyclic) bond motifs is 3. The van der Waals surface area contributed by atoms with Gasteiger partial charge in [-0.05, 0) is 37.0 Å². The van der Waals surface area contributed by atoms with Crippen LogP contribution >= 0.6 is 0 Å². The summed E-state index contributed by atoms with van der Waals surface area (Å²) in [6.45, 7) is 8.17. The molecule has 1 heterocycles. The summed E-state index contributed by atoms with van der Waals surface area (Å²) in [5.41, 5.74) is 3.09. The fraction of sp³-hybridized carbons (Fsp3) is 0.647. The first-order valence-corrected chi connectivity index (χ1v) is 7.57. The second-order valence-corrected chi connectivity index (χ2v) is 7.04. The predicted molar refractivity (Wildman–Crippen MR) is 77.0 cm³/mol. The molecule has 3 aliphatic rings. The first-order chi connectivity index (χ1) is 9.84. The molecule has 4 heteroatoms. The fourth-order valence-corrected chi connectivity index (χ4v) is 4.24. The molecule has 3 rings (SSSR count). The molecule has 4 nitrogen and oxygen atoms in total. The summed E-state index contributed by atoms with van der Waals surface area (Å²) in [6, 6.07) is 0. The van der Waals surface area contributed by atoms with E-state index < -0.39 is 0 Å². The van der Waals surface area contributed by atoms with Crippen LogP contribution in [0, 0.1) is 23.2 Å². The average molecular weight is 290 g/mol. The van der Waals surface area contributed by atoms with Crippen molar-refractivity contribution in [2.45, 2.75) is 40.5 Å². The second kappa shape index (κ2) is 4.72. The molecule has 3 atom stereocenters. The number of carbonyl (C=O) groups excluding carboxylic acids is 2. The van der Waals surface area contributed by atoms with E-state index in [-0.39, 0.29) is 29.9 Å². The molecular weight excluding hydrogens is 268 g/mol. The van der Waals surface area contributed by atoms with E-state index in [4.69, 9.17) is 9.47 Å². The smallest absolute Gasteiger partial charge is 0.339 e. The summed E-state index contributed by atoms with van der Waals surface area (Å²) >= 11 is 0. The van der Waals surface area contributed by atoms with Crippen LogP contribution in [-0.2, 0) is 19.1 Å². The van der Waals surface area contributed by atoms with E-state index in [0.717, 1.165) is 29.6 Å². The lowest BCUT2D eigenvalue weighted by atomic mass is 9.81. The Bertz CT molecular complexity index is 567. The van der Waals surface area contributed by atoms with Gasteiger partial charge >= 0.3 is 11.9 Å². The molecule has 0 aromatic rings. The van der Waals surface area contributed by atoms with Crippen LogP contribution in [0.15, 0.2) is 23.0 Å². The van der Waals surface area contributed by atoms with Crippen molar-refractivity contribution in [3.8, 4) is 0 Å². The van der Waals surface area contributed by atoms with Crippen LogP contribution in [0.5, 0.6) is 0 Å². The number of rotatable bonds is 2. The highest BCUT2D eigenvalue weighted by Crippen LogP contribution is 2.68. The van der Waals surface area contributed by atoms with Crippen LogP contribution in [0.25, 0.3) is 0 Å². The van der Waals surface area contributed by atoms with E-state index in [9.17, 15) is 9.59 Å². The molecule has 114 valence electrons. The number of ether oxygens (including phenoxy) is 2. The molecule has 0 saturated heterocycles. The van der Waals surface area contributed by atoms with Gasteiger partial charge in [-0.25, -0.2) is 4.79 Å². The summed E-state index contributed by atoms with van der Waals surface area (Å²) in [7, 11) is 0. The zero-order valence-electron chi connectivity index (χ0n) is 13.1. The fourth-order valence-electron chi connectivity index (χ4n) is 4.24. The van der Waals surface area contributed by atoms with E-state index in [0.29, 0.717) is 11.8 Å². The predicted octanol–water partition coefficient (Wildman–Crippen LogP) is 2.99. The summed E-state index contributed by atoms with van der Waals surface area (Å²) in [6.07, 6.45) is 3.58. The first-order valence-electron chi connectivity index (χ1n) is 7.57. The van der Waals surface area contributed by atoms with Crippen molar-refractivity contribution < 1.29 is 19.1 Å². The van der Waals surface area contributed by atoms with Crippen LogP contribution in [-0.4, -0.2) is 18.5 Å². The van der Waals surface area contributed by atoms with Crippen molar-refractivity contribution in [2.75, 3.05) is 6.61 Å². The Morgan fingerprint density at radius 3 is 2.86 bits per heavy atom. The lowest BCUT2D eigenvalue weighted by Gasteiger charge is -2.28. The zero-order valence-corrected chi connectivity index (χ0v) is 13.1. The number of allylic oxidation sites excluding steroid dienone is 1. The Hall–Kier alpha value is -1.58. The van der Waals surface area contributed by atoms with Gasteiger partial charge in [0.1, 0.15) is 6.61 Å². The minimum atomic E-state index is -0.310. The highest BCUT2D eigenvalue weighted by molar-refractivity contribution is 5.92. The third-order valence-electron chi connectivity index (χ3n) is 5.48. The third-order valence-corrected chi connectivity index (χ3v) is 5.48. The zero-order chi connectivity index (χ0) is 15.4. The second-order valence-electron chi connectivity index (χ2n) is 7.04. The van der Waals surface area contributed by atoms with E-state index in [1.54, 1.807) is 0 Å². The molecule has 1 fully saturated rings. The first kappa shape index (κ1) is 14.4. The number of carbonyl (C=O) groups is 2. The van der Waals surface area contributed by atoms with Gasteiger partial charge in [-0.3, -0.25) is 4.79 Å². The van der Waals surface area contributed by atoms with Crippen molar-refractivity contribution in [3.63, 3.8) is 0 Å². The lowest BCUT2D eigenvalue weighted by molar-refractivity contribution is -0.140. The molecular formula is C17H22O4. The number of cyclic esters (lactones) is 1. The SMILES string of the molecule is CC(=O)OCC1=COC(=O)C2=C(C)CCC3C(C12)C3(C)C. The molecule has 1 aliphatic heterocycles. The monoisotopic (exact) mass is 290 g/mol. The Balaban J connectivity index is 1.98. The quantitative estimate of drug-likeness (QED) is 0.734. The minimum absolute atomic E-state index is 0.0492. The summed E-state index contributed by atoms with van der Waals surface area (Å²) in [5.74, 6) is 0.581. The van der Waals surface area contributed by atoms with Crippen molar-refractivity contribution in [1.29, 1.82) is 0 Å². The summed E-state index contributed by atoms with van der Waals surface area (Å²) in [4.78, 5) is 23.3. The Morgan fingerprint density at radius 1 is 1.48 bits per heavy atom. The molecule has 0 bridgehead atoms. The van der Waals surface area contributed by atoms with E-state index >= 15 is 0 Å². The molecule has 0 aromatic heterocycles. The Labute approximate surface area is 125 Å². The van der Waals surface area contributed by atoms with Crippen molar-refractivity contribution in [3.05, 3.63) is 23.0 Å². The van der Waals surface area contributed by atoms with Gasteiger partial charge in [0.15, 0.2) is 0 Å². The van der Waals surface area contributed by atoms with Crippen molar-refractivity contribution >= 4 is 11.9 Å². The number of esters is 2. The van der Waals surface area contributed by atoms with Crippen molar-refractivity contribution in [2.24, 2.45) is 23.2 Å². The highest BCUT2D eigenvalue weighted by atomic mass is 16.5. The lowest BCUT2D eigenvalue weighted by Crippen LogP contribution is -2.28. The average Bonchev–Trinajstić information content (AvgIpc) is 2.99. The van der Waals surface area contributed by atoms with Gasteiger partial charge in [-0.2, -0.15) is 0 Å². The van der Waals surface area contributed by atoms with Gasteiger partial charge in [-0.15, -0.1) is 0 Å². The Morgan fingerprint density at radius 2 is 2.19 bits per heavy atom. The van der Waals surface area contributed by atoms with Gasteiger partial charge < -0.3 is 9.47 Å². The topological polar surface area (TPSA) is 52.6 Å². The maximum Gasteiger partial charge on any atom is 0.339 e. The molecule has 2 aliphatic carbocycles. The molecule has 0 amide bonds. The van der Waals surface area contributed by atoms with Gasteiger partial charge in [0, 0.05) is 24.0 Å².